The van der Waals surface area contributed by atoms with E-state index in [0.717, 1.165) is 95.2 Å². The number of nitrogens with zero attached hydrogens (tertiary/aromatic N) is 5. The van der Waals surface area contributed by atoms with E-state index in [0.29, 0.717) is 5.82 Å². The summed E-state index contributed by atoms with van der Waals surface area (Å²) in [5.74, 6) is 0.683. The summed E-state index contributed by atoms with van der Waals surface area (Å²) in [5, 5.41) is 2.24. The van der Waals surface area contributed by atoms with Gasteiger partial charge in [0.1, 0.15) is 0 Å². The van der Waals surface area contributed by atoms with Crippen molar-refractivity contribution >= 4 is 44.9 Å². The Labute approximate surface area is 349 Å². The van der Waals surface area contributed by atoms with Gasteiger partial charge in [0.2, 0.25) is 0 Å². The molecule has 0 fully saturated rings. The van der Waals surface area contributed by atoms with Gasteiger partial charge in [-0.25, -0.2) is 9.97 Å². The van der Waals surface area contributed by atoms with Crippen LogP contribution in [0.3, 0.4) is 0 Å². The lowest BCUT2D eigenvalue weighted by molar-refractivity contribution is 1.17. The fraction of sp³-hybridized carbons (Fsp3) is 0. The molecule has 1 aliphatic rings. The number of rotatable bonds is 7. The van der Waals surface area contributed by atoms with Crippen LogP contribution in [0.2, 0.25) is 0 Å². The molecule has 11 rings (SSSR count). The molecule has 3 heterocycles. The third kappa shape index (κ3) is 6.35. The second kappa shape index (κ2) is 15.0. The molecule has 0 atom stereocenters. The minimum Gasteiger partial charge on any atom is -0.306 e. The highest BCUT2D eigenvalue weighted by atomic mass is 15.3. The van der Waals surface area contributed by atoms with Gasteiger partial charge in [0.15, 0.2) is 5.82 Å². The number of para-hydroxylation sites is 5. The molecule has 0 aliphatic carbocycles. The van der Waals surface area contributed by atoms with Crippen molar-refractivity contribution in [2.24, 2.45) is 0 Å². The van der Waals surface area contributed by atoms with E-state index < -0.39 is 0 Å². The number of benzene rings is 8. The van der Waals surface area contributed by atoms with Crippen LogP contribution < -0.4 is 9.80 Å². The van der Waals surface area contributed by atoms with Crippen molar-refractivity contribution in [2.45, 2.75) is 0 Å². The van der Waals surface area contributed by atoms with Gasteiger partial charge in [0.25, 0.3) is 0 Å². The molecule has 282 valence electrons. The Morgan fingerprint density at radius 2 is 0.800 bits per heavy atom. The van der Waals surface area contributed by atoms with Crippen molar-refractivity contribution in [3.05, 3.63) is 225 Å². The topological polar surface area (TPSA) is 45.2 Å². The standard InChI is InChI=1S/C55H37N5/c1-4-16-39(17-5-1)49-35-50(58-55(57-49)40-18-6-2-7-19-40)44-33-42(32-43(34-44)48-37-56-36-41-20-10-11-23-47(41)48)38-28-30-46(31-29-38)60-53-26-14-12-24-51(53)59(45-21-8-3-9-22-45)52-25-13-15-27-54(52)60/h1-37H. The molecule has 0 bridgehead atoms. The molecule has 0 amide bonds. The van der Waals surface area contributed by atoms with E-state index in [-0.39, 0.29) is 0 Å². The summed E-state index contributed by atoms with van der Waals surface area (Å²) in [6.45, 7) is 0. The highest BCUT2D eigenvalue weighted by Gasteiger charge is 2.30. The molecule has 1 aliphatic heterocycles. The monoisotopic (exact) mass is 767 g/mol. The van der Waals surface area contributed by atoms with E-state index in [2.05, 4.69) is 198 Å². The first-order valence-corrected chi connectivity index (χ1v) is 20.2. The smallest absolute Gasteiger partial charge is 0.160 e. The average molecular weight is 768 g/mol. The molecule has 0 spiro atoms. The van der Waals surface area contributed by atoms with Crippen molar-refractivity contribution < 1.29 is 0 Å². The van der Waals surface area contributed by atoms with E-state index in [9.17, 15) is 0 Å². The predicted molar refractivity (Wildman–Crippen MR) is 247 cm³/mol. The summed E-state index contributed by atoms with van der Waals surface area (Å²) in [7, 11) is 0. The molecule has 0 saturated heterocycles. The van der Waals surface area contributed by atoms with Crippen LogP contribution in [0.1, 0.15) is 0 Å². The lowest BCUT2D eigenvalue weighted by Gasteiger charge is -2.40. The Balaban J connectivity index is 1.06. The first-order chi connectivity index (χ1) is 29.7. The molecule has 5 heteroatoms. The Kier molecular flexibility index (Phi) is 8.75. The minimum absolute atomic E-state index is 0.683. The van der Waals surface area contributed by atoms with Gasteiger partial charge >= 0.3 is 0 Å². The lowest BCUT2D eigenvalue weighted by Crippen LogP contribution is -2.23. The fourth-order valence-corrected chi connectivity index (χ4v) is 8.39. The van der Waals surface area contributed by atoms with Crippen molar-refractivity contribution in [1.82, 2.24) is 15.0 Å². The van der Waals surface area contributed by atoms with E-state index >= 15 is 0 Å². The molecule has 60 heavy (non-hydrogen) atoms. The summed E-state index contributed by atoms with van der Waals surface area (Å²) >= 11 is 0. The third-order valence-electron chi connectivity index (χ3n) is 11.2. The second-order valence-corrected chi connectivity index (χ2v) is 14.9. The Hall–Kier alpha value is -8.15. The number of anilines is 6. The van der Waals surface area contributed by atoms with E-state index in [4.69, 9.17) is 15.0 Å². The highest BCUT2D eigenvalue weighted by Crippen LogP contribution is 2.54. The van der Waals surface area contributed by atoms with Crippen molar-refractivity contribution in [3.8, 4) is 56.2 Å². The van der Waals surface area contributed by atoms with Crippen LogP contribution in [-0.2, 0) is 0 Å². The van der Waals surface area contributed by atoms with Crippen LogP contribution in [0.25, 0.3) is 66.9 Å². The van der Waals surface area contributed by atoms with Gasteiger partial charge in [-0.2, -0.15) is 0 Å². The summed E-state index contributed by atoms with van der Waals surface area (Å²) in [6, 6.07) is 74.7. The second-order valence-electron chi connectivity index (χ2n) is 14.9. The molecular formula is C55H37N5. The van der Waals surface area contributed by atoms with Gasteiger partial charge in [0.05, 0.1) is 34.1 Å². The van der Waals surface area contributed by atoms with Crippen LogP contribution >= 0.6 is 0 Å². The molecular weight excluding hydrogens is 731 g/mol. The molecule has 0 N–H and O–H groups in total. The van der Waals surface area contributed by atoms with Crippen LogP contribution in [0.4, 0.5) is 34.1 Å². The van der Waals surface area contributed by atoms with E-state index in [1.807, 2.05) is 36.7 Å². The zero-order valence-corrected chi connectivity index (χ0v) is 32.6. The summed E-state index contributed by atoms with van der Waals surface area (Å²) in [6.07, 6.45) is 3.91. The Bertz CT molecular complexity index is 3040. The molecule has 0 radical (unpaired) electrons. The largest absolute Gasteiger partial charge is 0.306 e. The summed E-state index contributed by atoms with van der Waals surface area (Å²) in [4.78, 5) is 19.7. The summed E-state index contributed by atoms with van der Waals surface area (Å²) in [5.41, 5.74) is 15.7. The number of aromatic nitrogens is 3. The quantitative estimate of drug-likeness (QED) is 0.162. The van der Waals surface area contributed by atoms with Gasteiger partial charge in [-0.05, 0) is 94.9 Å². The number of hydrogen-bond donors (Lipinski definition) is 0. The number of hydrogen-bond acceptors (Lipinski definition) is 5. The van der Waals surface area contributed by atoms with Gasteiger partial charge in [-0.15, -0.1) is 0 Å². The van der Waals surface area contributed by atoms with Crippen molar-refractivity contribution in [1.29, 1.82) is 0 Å². The van der Waals surface area contributed by atoms with Gasteiger partial charge in [-0.1, -0.05) is 140 Å². The molecule has 0 saturated carbocycles. The van der Waals surface area contributed by atoms with Crippen molar-refractivity contribution in [3.63, 3.8) is 0 Å². The van der Waals surface area contributed by atoms with Gasteiger partial charge in [-0.3, -0.25) is 4.98 Å². The highest BCUT2D eigenvalue weighted by molar-refractivity contribution is 6.02. The maximum Gasteiger partial charge on any atom is 0.160 e. The Morgan fingerprint density at radius 1 is 0.317 bits per heavy atom. The molecule has 0 unspecified atom stereocenters. The zero-order chi connectivity index (χ0) is 39.8. The minimum atomic E-state index is 0.683. The first kappa shape index (κ1) is 35.0. The number of fused-ring (bicyclic) bond motifs is 3. The van der Waals surface area contributed by atoms with Crippen LogP contribution in [-0.4, -0.2) is 15.0 Å². The van der Waals surface area contributed by atoms with E-state index in [1.54, 1.807) is 0 Å². The predicted octanol–water partition coefficient (Wildman–Crippen LogP) is 14.6. The molecule has 2 aromatic heterocycles. The van der Waals surface area contributed by atoms with Crippen LogP contribution in [0.15, 0.2) is 225 Å². The van der Waals surface area contributed by atoms with Crippen LogP contribution in [0.5, 0.6) is 0 Å². The SMILES string of the molecule is c1ccc(-c2cc(-c3cc(-c4ccc(N5c6ccccc6N(c6ccccc6)c6ccccc65)cc4)cc(-c4cncc5ccccc45)c3)nc(-c3ccccc3)n2)cc1. The maximum absolute atomic E-state index is 5.24. The lowest BCUT2D eigenvalue weighted by atomic mass is 9.93. The van der Waals surface area contributed by atoms with Gasteiger partial charge in [0, 0.05) is 51.4 Å². The number of pyridine rings is 1. The molecule has 8 aromatic carbocycles. The van der Waals surface area contributed by atoms with Gasteiger partial charge < -0.3 is 9.80 Å². The van der Waals surface area contributed by atoms with Crippen LogP contribution in [0, 0.1) is 0 Å². The zero-order valence-electron chi connectivity index (χ0n) is 32.6. The maximum atomic E-state index is 5.24. The van der Waals surface area contributed by atoms with E-state index in [1.165, 1.54) is 0 Å². The van der Waals surface area contributed by atoms with Crippen molar-refractivity contribution in [2.75, 3.05) is 9.80 Å². The average Bonchev–Trinajstić information content (AvgIpc) is 3.33. The Morgan fingerprint density at radius 3 is 1.43 bits per heavy atom. The third-order valence-corrected chi connectivity index (χ3v) is 11.2. The molecule has 10 aromatic rings. The first-order valence-electron chi connectivity index (χ1n) is 20.2. The normalized spacial score (nSPS) is 11.9. The molecule has 5 nitrogen and oxygen atoms in total. The summed E-state index contributed by atoms with van der Waals surface area (Å²) < 4.78 is 0. The fourth-order valence-electron chi connectivity index (χ4n) is 8.39.